The molecule has 2 N–H and O–H groups in total. The quantitative estimate of drug-likeness (QED) is 0.737. The minimum Gasteiger partial charge on any atom is -0.319 e. The van der Waals surface area contributed by atoms with Crippen LogP contribution in [0.25, 0.3) is 0 Å². The molecule has 0 bridgehead atoms. The monoisotopic (exact) mass is 260 g/mol. The van der Waals surface area contributed by atoms with Crippen molar-refractivity contribution in [1.82, 2.24) is 10.6 Å². The molecule has 0 amide bonds. The summed E-state index contributed by atoms with van der Waals surface area (Å²) in [5.41, 5.74) is 6.34. The zero-order chi connectivity index (χ0) is 13.9. The van der Waals surface area contributed by atoms with Crippen molar-refractivity contribution in [2.75, 3.05) is 26.7 Å². The summed E-state index contributed by atoms with van der Waals surface area (Å²) in [6.45, 7) is 10.1. The smallest absolute Gasteiger partial charge is 0.00201 e. The normalized spacial score (nSPS) is 16.6. The van der Waals surface area contributed by atoms with Crippen molar-refractivity contribution < 1.29 is 0 Å². The summed E-state index contributed by atoms with van der Waals surface area (Å²) in [6.07, 6.45) is 3.90. The molecule has 0 aliphatic heterocycles. The molecule has 0 saturated heterocycles. The first-order valence-corrected chi connectivity index (χ1v) is 7.48. The Hall–Kier alpha value is -0.860. The minimum absolute atomic E-state index is 0.562. The molecule has 1 aromatic carbocycles. The molecule has 1 aromatic rings. The molecule has 1 aliphatic rings. The fourth-order valence-electron chi connectivity index (χ4n) is 3.14. The fourth-order valence-corrected chi connectivity index (χ4v) is 3.14. The van der Waals surface area contributed by atoms with Crippen LogP contribution >= 0.6 is 0 Å². The zero-order valence-corrected chi connectivity index (χ0v) is 12.9. The van der Waals surface area contributed by atoms with Crippen LogP contribution in [-0.4, -0.2) is 26.7 Å². The standard InChI is InChI=1S/C17H28N2/c1-13-9-14(2)16(15(3)10-13)5-8-19-12-17(6-7-17)11-18-4/h9-10,18-19H,5-8,11-12H2,1-4H3. The van der Waals surface area contributed by atoms with Gasteiger partial charge < -0.3 is 10.6 Å². The highest BCUT2D eigenvalue weighted by molar-refractivity contribution is 5.37. The van der Waals surface area contributed by atoms with Gasteiger partial charge in [-0.05, 0) is 75.7 Å². The summed E-state index contributed by atoms with van der Waals surface area (Å²) in [6, 6.07) is 4.59. The van der Waals surface area contributed by atoms with Gasteiger partial charge in [-0.1, -0.05) is 17.7 Å². The SMILES string of the molecule is CNCC1(CNCCc2c(C)cc(C)cc2C)CC1. The van der Waals surface area contributed by atoms with Crippen LogP contribution in [0.4, 0.5) is 0 Å². The molecular weight excluding hydrogens is 232 g/mol. The van der Waals surface area contributed by atoms with E-state index in [4.69, 9.17) is 0 Å². The Bertz CT molecular complexity index is 410. The Balaban J connectivity index is 1.80. The van der Waals surface area contributed by atoms with E-state index in [0.717, 1.165) is 26.1 Å². The van der Waals surface area contributed by atoms with Gasteiger partial charge >= 0.3 is 0 Å². The van der Waals surface area contributed by atoms with Crippen LogP contribution in [0.2, 0.25) is 0 Å². The van der Waals surface area contributed by atoms with E-state index in [2.05, 4.69) is 50.6 Å². The van der Waals surface area contributed by atoms with Crippen LogP contribution in [0.5, 0.6) is 0 Å². The number of hydrogen-bond donors (Lipinski definition) is 2. The molecule has 0 unspecified atom stereocenters. The number of benzene rings is 1. The average molecular weight is 260 g/mol. The Morgan fingerprint density at radius 3 is 2.21 bits per heavy atom. The van der Waals surface area contributed by atoms with Gasteiger partial charge in [0.05, 0.1) is 0 Å². The van der Waals surface area contributed by atoms with Crippen LogP contribution in [0.3, 0.4) is 0 Å². The third kappa shape index (κ3) is 3.80. The first kappa shape index (κ1) is 14.5. The second-order valence-corrected chi connectivity index (χ2v) is 6.33. The molecule has 0 atom stereocenters. The molecule has 1 aliphatic carbocycles. The predicted octanol–water partition coefficient (Wildman–Crippen LogP) is 2.74. The average Bonchev–Trinajstić information content (AvgIpc) is 3.07. The van der Waals surface area contributed by atoms with E-state index in [1.165, 1.54) is 35.1 Å². The predicted molar refractivity (Wildman–Crippen MR) is 82.8 cm³/mol. The summed E-state index contributed by atoms with van der Waals surface area (Å²) >= 11 is 0. The molecule has 0 spiro atoms. The summed E-state index contributed by atoms with van der Waals surface area (Å²) in [4.78, 5) is 0. The lowest BCUT2D eigenvalue weighted by Crippen LogP contribution is -2.32. The molecule has 0 aromatic heterocycles. The number of aryl methyl sites for hydroxylation is 3. The molecule has 2 heteroatoms. The lowest BCUT2D eigenvalue weighted by Gasteiger charge is -2.16. The maximum atomic E-state index is 3.65. The third-order valence-corrected chi connectivity index (χ3v) is 4.40. The van der Waals surface area contributed by atoms with Gasteiger partial charge in [-0.25, -0.2) is 0 Å². The maximum absolute atomic E-state index is 3.65. The molecule has 2 nitrogen and oxygen atoms in total. The van der Waals surface area contributed by atoms with Crippen LogP contribution in [-0.2, 0) is 6.42 Å². The van der Waals surface area contributed by atoms with Gasteiger partial charge in [0.2, 0.25) is 0 Å². The van der Waals surface area contributed by atoms with E-state index in [1.54, 1.807) is 0 Å². The molecule has 106 valence electrons. The van der Waals surface area contributed by atoms with Crippen LogP contribution in [0.1, 0.15) is 35.1 Å². The van der Waals surface area contributed by atoms with Gasteiger partial charge in [0.1, 0.15) is 0 Å². The summed E-state index contributed by atoms with van der Waals surface area (Å²) < 4.78 is 0. The molecule has 0 radical (unpaired) electrons. The Morgan fingerprint density at radius 1 is 1.05 bits per heavy atom. The van der Waals surface area contributed by atoms with Gasteiger partial charge in [-0.3, -0.25) is 0 Å². The highest BCUT2D eigenvalue weighted by Gasteiger charge is 2.41. The van der Waals surface area contributed by atoms with E-state index in [9.17, 15) is 0 Å². The van der Waals surface area contributed by atoms with Crippen molar-refractivity contribution in [1.29, 1.82) is 0 Å². The first-order valence-electron chi connectivity index (χ1n) is 7.48. The maximum Gasteiger partial charge on any atom is 0.00201 e. The highest BCUT2D eigenvalue weighted by atomic mass is 14.9. The number of rotatable bonds is 7. The molecule has 0 heterocycles. The lowest BCUT2D eigenvalue weighted by molar-refractivity contribution is 0.441. The van der Waals surface area contributed by atoms with Crippen molar-refractivity contribution in [2.45, 2.75) is 40.0 Å². The Labute approximate surface area is 118 Å². The van der Waals surface area contributed by atoms with Gasteiger partial charge in [-0.2, -0.15) is 0 Å². The molecular formula is C17H28N2. The summed E-state index contributed by atoms with van der Waals surface area (Å²) in [5.74, 6) is 0. The number of hydrogen-bond acceptors (Lipinski definition) is 2. The van der Waals surface area contributed by atoms with Gasteiger partial charge in [0, 0.05) is 13.1 Å². The minimum atomic E-state index is 0.562. The summed E-state index contributed by atoms with van der Waals surface area (Å²) in [7, 11) is 2.05. The second-order valence-electron chi connectivity index (χ2n) is 6.33. The van der Waals surface area contributed by atoms with Gasteiger partial charge in [0.25, 0.3) is 0 Å². The van der Waals surface area contributed by atoms with Crippen LogP contribution in [0, 0.1) is 26.2 Å². The number of nitrogens with one attached hydrogen (secondary N) is 2. The molecule has 1 saturated carbocycles. The van der Waals surface area contributed by atoms with Gasteiger partial charge in [0.15, 0.2) is 0 Å². The fraction of sp³-hybridized carbons (Fsp3) is 0.647. The van der Waals surface area contributed by atoms with Crippen LogP contribution < -0.4 is 10.6 Å². The van der Waals surface area contributed by atoms with Gasteiger partial charge in [-0.15, -0.1) is 0 Å². The topological polar surface area (TPSA) is 24.1 Å². The largest absolute Gasteiger partial charge is 0.319 e. The van der Waals surface area contributed by atoms with Crippen molar-refractivity contribution in [3.05, 3.63) is 34.4 Å². The van der Waals surface area contributed by atoms with E-state index in [-0.39, 0.29) is 0 Å². The molecule has 1 fully saturated rings. The lowest BCUT2D eigenvalue weighted by atomic mass is 9.97. The van der Waals surface area contributed by atoms with E-state index in [1.807, 2.05) is 0 Å². The highest BCUT2D eigenvalue weighted by Crippen LogP contribution is 2.44. The van der Waals surface area contributed by atoms with E-state index >= 15 is 0 Å². The third-order valence-electron chi connectivity index (χ3n) is 4.40. The van der Waals surface area contributed by atoms with Crippen LogP contribution in [0.15, 0.2) is 12.1 Å². The van der Waals surface area contributed by atoms with Crippen molar-refractivity contribution in [2.24, 2.45) is 5.41 Å². The Morgan fingerprint density at radius 2 is 1.68 bits per heavy atom. The second kappa shape index (κ2) is 6.06. The Kier molecular flexibility index (Phi) is 4.64. The zero-order valence-electron chi connectivity index (χ0n) is 12.9. The summed E-state index contributed by atoms with van der Waals surface area (Å²) in [5, 5.41) is 6.96. The van der Waals surface area contributed by atoms with E-state index < -0.39 is 0 Å². The molecule has 2 rings (SSSR count). The van der Waals surface area contributed by atoms with Crippen molar-refractivity contribution in [3.8, 4) is 0 Å². The first-order chi connectivity index (χ1) is 9.06. The van der Waals surface area contributed by atoms with E-state index in [0.29, 0.717) is 5.41 Å². The van der Waals surface area contributed by atoms with Crippen molar-refractivity contribution in [3.63, 3.8) is 0 Å². The molecule has 19 heavy (non-hydrogen) atoms. The van der Waals surface area contributed by atoms with Crippen molar-refractivity contribution >= 4 is 0 Å².